The van der Waals surface area contributed by atoms with Crippen LogP contribution in [0.2, 0.25) is 0 Å². The Morgan fingerprint density at radius 1 is 1.41 bits per heavy atom. The van der Waals surface area contributed by atoms with Gasteiger partial charge in [-0.15, -0.1) is 0 Å². The lowest BCUT2D eigenvalue weighted by Gasteiger charge is -2.35. The second kappa shape index (κ2) is 7.77. The third-order valence-corrected chi connectivity index (χ3v) is 4.16. The molecule has 1 aliphatic rings. The number of likely N-dealkylation sites (tertiary alicyclic amines) is 1. The second-order valence-corrected chi connectivity index (χ2v) is 6.69. The van der Waals surface area contributed by atoms with Crippen LogP contribution in [0.5, 0.6) is 0 Å². The molecule has 5 nitrogen and oxygen atoms in total. The molecule has 1 aromatic heterocycles. The van der Waals surface area contributed by atoms with Gasteiger partial charge >= 0.3 is 0 Å². The lowest BCUT2D eigenvalue weighted by molar-refractivity contribution is 0.0395. The Labute approximate surface area is 133 Å². The maximum atomic E-state index is 12.8. The van der Waals surface area contributed by atoms with Gasteiger partial charge in [0.2, 0.25) is 0 Å². The molecule has 0 radical (unpaired) electrons. The van der Waals surface area contributed by atoms with Gasteiger partial charge in [-0.2, -0.15) is 0 Å². The standard InChI is InChI=1S/C17H29N3O2/c1-12(2)16-18-11-15(19-16)17(21)20-9-6-5-7-14(20)8-10-22-13(3)4/h11-14H,5-10H2,1-4H3,(H,18,19)/t14-/m0/s1. The molecule has 1 aromatic rings. The van der Waals surface area contributed by atoms with Gasteiger partial charge in [0.15, 0.2) is 0 Å². The van der Waals surface area contributed by atoms with Crippen molar-refractivity contribution in [3.05, 3.63) is 17.7 Å². The molecule has 1 fully saturated rings. The van der Waals surface area contributed by atoms with Crippen molar-refractivity contribution in [2.24, 2.45) is 0 Å². The lowest BCUT2D eigenvalue weighted by Crippen LogP contribution is -2.44. The summed E-state index contributed by atoms with van der Waals surface area (Å²) in [6, 6.07) is 0.283. The van der Waals surface area contributed by atoms with Gasteiger partial charge in [0.1, 0.15) is 11.5 Å². The molecule has 22 heavy (non-hydrogen) atoms. The zero-order valence-electron chi connectivity index (χ0n) is 14.3. The van der Waals surface area contributed by atoms with Crippen molar-refractivity contribution in [2.45, 2.75) is 71.4 Å². The maximum absolute atomic E-state index is 12.8. The summed E-state index contributed by atoms with van der Waals surface area (Å²) in [7, 11) is 0. The smallest absolute Gasteiger partial charge is 0.272 e. The van der Waals surface area contributed by atoms with Gasteiger partial charge < -0.3 is 14.6 Å². The van der Waals surface area contributed by atoms with E-state index in [4.69, 9.17) is 4.74 Å². The number of rotatable bonds is 6. The first-order valence-corrected chi connectivity index (χ1v) is 8.46. The van der Waals surface area contributed by atoms with Crippen LogP contribution in [-0.2, 0) is 4.74 Å². The summed E-state index contributed by atoms with van der Waals surface area (Å²) >= 11 is 0. The van der Waals surface area contributed by atoms with Gasteiger partial charge in [-0.1, -0.05) is 13.8 Å². The topological polar surface area (TPSA) is 58.2 Å². The first kappa shape index (κ1) is 17.0. The molecule has 0 bridgehead atoms. The van der Waals surface area contributed by atoms with Crippen LogP contribution < -0.4 is 0 Å². The van der Waals surface area contributed by atoms with E-state index >= 15 is 0 Å². The van der Waals surface area contributed by atoms with Gasteiger partial charge in [0.05, 0.1) is 12.3 Å². The number of aromatic nitrogens is 2. The van der Waals surface area contributed by atoms with Gasteiger partial charge in [0.25, 0.3) is 5.91 Å². The molecule has 124 valence electrons. The molecule has 0 aromatic carbocycles. The Hall–Kier alpha value is -1.36. The summed E-state index contributed by atoms with van der Waals surface area (Å²) in [6.45, 7) is 9.78. The molecule has 0 saturated carbocycles. The number of carbonyl (C=O) groups is 1. The summed E-state index contributed by atoms with van der Waals surface area (Å²) in [4.78, 5) is 22.2. The van der Waals surface area contributed by atoms with Crippen LogP contribution in [0.15, 0.2) is 6.20 Å². The minimum atomic E-state index is 0.0775. The number of hydrogen-bond acceptors (Lipinski definition) is 3. The lowest BCUT2D eigenvalue weighted by atomic mass is 9.99. The van der Waals surface area contributed by atoms with E-state index in [0.717, 1.165) is 31.6 Å². The molecule has 1 atom stereocenters. The first-order valence-electron chi connectivity index (χ1n) is 8.46. The average molecular weight is 307 g/mol. The van der Waals surface area contributed by atoms with Crippen LogP contribution in [0.3, 0.4) is 0 Å². The third kappa shape index (κ3) is 4.32. The number of piperidine rings is 1. The Morgan fingerprint density at radius 3 is 2.82 bits per heavy atom. The highest BCUT2D eigenvalue weighted by molar-refractivity contribution is 5.92. The van der Waals surface area contributed by atoms with E-state index in [1.807, 2.05) is 18.7 Å². The monoisotopic (exact) mass is 307 g/mol. The van der Waals surface area contributed by atoms with Crippen molar-refractivity contribution in [2.75, 3.05) is 13.2 Å². The number of amides is 1. The fourth-order valence-corrected chi connectivity index (χ4v) is 2.90. The minimum absolute atomic E-state index is 0.0775. The second-order valence-electron chi connectivity index (χ2n) is 6.69. The molecule has 1 N–H and O–H groups in total. The number of nitrogens with zero attached hydrogens (tertiary/aromatic N) is 2. The highest BCUT2D eigenvalue weighted by atomic mass is 16.5. The van der Waals surface area contributed by atoms with E-state index in [1.165, 1.54) is 6.42 Å². The van der Waals surface area contributed by atoms with Crippen molar-refractivity contribution in [3.63, 3.8) is 0 Å². The number of aromatic amines is 1. The zero-order valence-corrected chi connectivity index (χ0v) is 14.3. The molecule has 1 saturated heterocycles. The van der Waals surface area contributed by atoms with Gasteiger partial charge in [0, 0.05) is 25.1 Å². The van der Waals surface area contributed by atoms with Crippen LogP contribution in [-0.4, -0.2) is 46.1 Å². The number of ether oxygens (including phenoxy) is 1. The van der Waals surface area contributed by atoms with Crippen molar-refractivity contribution in [1.82, 2.24) is 14.9 Å². The van der Waals surface area contributed by atoms with Crippen molar-refractivity contribution in [1.29, 1.82) is 0 Å². The van der Waals surface area contributed by atoms with Gasteiger partial charge in [-0.25, -0.2) is 4.98 Å². The number of nitrogens with one attached hydrogen (secondary N) is 1. The average Bonchev–Trinajstić information content (AvgIpc) is 2.97. The molecular weight excluding hydrogens is 278 g/mol. The molecular formula is C17H29N3O2. The van der Waals surface area contributed by atoms with Crippen LogP contribution >= 0.6 is 0 Å². The SMILES string of the molecule is CC(C)OCC[C@@H]1CCCCN1C(=O)c1cnc(C(C)C)[nH]1. The Morgan fingerprint density at radius 2 is 2.18 bits per heavy atom. The first-order chi connectivity index (χ1) is 10.5. The van der Waals surface area contributed by atoms with E-state index in [0.29, 0.717) is 18.2 Å². The quantitative estimate of drug-likeness (QED) is 0.877. The van der Waals surface area contributed by atoms with Crippen molar-refractivity contribution in [3.8, 4) is 0 Å². The van der Waals surface area contributed by atoms with Crippen LogP contribution in [0.1, 0.15) is 75.6 Å². The summed E-state index contributed by atoms with van der Waals surface area (Å²) in [5.74, 6) is 1.26. The summed E-state index contributed by atoms with van der Waals surface area (Å²) in [5, 5.41) is 0. The molecule has 1 aliphatic heterocycles. The van der Waals surface area contributed by atoms with Gasteiger partial charge in [-0.05, 0) is 39.5 Å². The van der Waals surface area contributed by atoms with Crippen molar-refractivity contribution >= 4 is 5.91 Å². The van der Waals surface area contributed by atoms with Crippen LogP contribution in [0.25, 0.3) is 0 Å². The molecule has 0 unspecified atom stereocenters. The molecule has 2 heterocycles. The number of carbonyl (C=O) groups excluding carboxylic acids is 1. The molecule has 5 heteroatoms. The van der Waals surface area contributed by atoms with E-state index in [1.54, 1.807) is 6.20 Å². The molecule has 2 rings (SSSR count). The Kier molecular flexibility index (Phi) is 6.00. The Balaban J connectivity index is 2.00. The summed E-state index contributed by atoms with van der Waals surface area (Å²) in [6.07, 6.45) is 6.17. The van der Waals surface area contributed by atoms with E-state index in [-0.39, 0.29) is 18.1 Å². The van der Waals surface area contributed by atoms with Crippen LogP contribution in [0.4, 0.5) is 0 Å². The highest BCUT2D eigenvalue weighted by Crippen LogP contribution is 2.22. The zero-order chi connectivity index (χ0) is 16.1. The summed E-state index contributed by atoms with van der Waals surface area (Å²) < 4.78 is 5.66. The molecule has 1 amide bonds. The predicted octanol–water partition coefficient (Wildman–Crippen LogP) is 3.34. The normalized spacial score (nSPS) is 19.2. The number of hydrogen-bond donors (Lipinski definition) is 1. The third-order valence-electron chi connectivity index (χ3n) is 4.16. The van der Waals surface area contributed by atoms with Crippen LogP contribution in [0, 0.1) is 0 Å². The fourth-order valence-electron chi connectivity index (χ4n) is 2.90. The minimum Gasteiger partial charge on any atom is -0.379 e. The van der Waals surface area contributed by atoms with Crippen molar-refractivity contribution < 1.29 is 9.53 Å². The largest absolute Gasteiger partial charge is 0.379 e. The van der Waals surface area contributed by atoms with E-state index in [9.17, 15) is 4.79 Å². The predicted molar refractivity (Wildman–Crippen MR) is 87.1 cm³/mol. The van der Waals surface area contributed by atoms with Gasteiger partial charge in [-0.3, -0.25) is 4.79 Å². The Bertz CT molecular complexity index is 482. The molecule has 0 spiro atoms. The molecule has 0 aliphatic carbocycles. The van der Waals surface area contributed by atoms with E-state index < -0.39 is 0 Å². The number of H-pyrrole nitrogens is 1. The fraction of sp³-hybridized carbons (Fsp3) is 0.765. The highest BCUT2D eigenvalue weighted by Gasteiger charge is 2.28. The number of imidazole rings is 1. The summed E-state index contributed by atoms with van der Waals surface area (Å²) in [5.41, 5.74) is 0.611. The van der Waals surface area contributed by atoms with E-state index in [2.05, 4.69) is 23.8 Å². The maximum Gasteiger partial charge on any atom is 0.272 e.